The van der Waals surface area contributed by atoms with Gasteiger partial charge in [-0.05, 0) is 62.9 Å². The summed E-state index contributed by atoms with van der Waals surface area (Å²) >= 11 is 0. The van der Waals surface area contributed by atoms with E-state index in [0.717, 1.165) is 30.3 Å². The molecule has 3 aromatic rings. The molecule has 2 heterocycles. The predicted molar refractivity (Wildman–Crippen MR) is 121 cm³/mol. The van der Waals surface area contributed by atoms with E-state index >= 15 is 0 Å². The number of rotatable bonds is 6. The summed E-state index contributed by atoms with van der Waals surface area (Å²) in [5.41, 5.74) is 5.74. The maximum absolute atomic E-state index is 4.63. The highest BCUT2D eigenvalue weighted by Gasteiger charge is 2.10. The van der Waals surface area contributed by atoms with Crippen molar-refractivity contribution >= 4 is 23.1 Å². The van der Waals surface area contributed by atoms with Crippen molar-refractivity contribution < 1.29 is 0 Å². The van der Waals surface area contributed by atoms with Crippen LogP contribution in [0.3, 0.4) is 0 Å². The van der Waals surface area contributed by atoms with Gasteiger partial charge in [-0.15, -0.1) is 0 Å². The van der Waals surface area contributed by atoms with Crippen LogP contribution in [0.5, 0.6) is 0 Å². The maximum Gasteiger partial charge on any atom is 0.225 e. The Morgan fingerprint density at radius 2 is 1.59 bits per heavy atom. The molecule has 1 aromatic heterocycles. The molecule has 0 aliphatic carbocycles. The fourth-order valence-electron chi connectivity index (χ4n) is 3.65. The zero-order valence-electron chi connectivity index (χ0n) is 17.3. The minimum absolute atomic E-state index is 0.637. The second kappa shape index (κ2) is 8.95. The molecule has 0 unspecified atom stereocenters. The first-order valence-electron chi connectivity index (χ1n) is 10.4. The highest BCUT2D eigenvalue weighted by atomic mass is 15.1. The van der Waals surface area contributed by atoms with Crippen LogP contribution in [-0.4, -0.2) is 23.1 Å². The van der Waals surface area contributed by atoms with E-state index in [0.29, 0.717) is 12.5 Å². The Labute approximate surface area is 173 Å². The van der Waals surface area contributed by atoms with Gasteiger partial charge in [-0.1, -0.05) is 29.8 Å². The van der Waals surface area contributed by atoms with Crippen LogP contribution in [0.2, 0.25) is 0 Å². The molecule has 5 heteroatoms. The lowest BCUT2D eigenvalue weighted by Crippen LogP contribution is -2.29. The molecule has 0 spiro atoms. The quantitative estimate of drug-likeness (QED) is 0.590. The smallest absolute Gasteiger partial charge is 0.225 e. The summed E-state index contributed by atoms with van der Waals surface area (Å²) in [5, 5.41) is 6.74. The molecule has 0 bridgehead atoms. The van der Waals surface area contributed by atoms with Crippen LogP contribution in [0.15, 0.2) is 54.6 Å². The molecular weight excluding hydrogens is 358 g/mol. The van der Waals surface area contributed by atoms with Crippen LogP contribution in [0, 0.1) is 13.8 Å². The normalized spacial score (nSPS) is 13.9. The topological polar surface area (TPSA) is 53.1 Å². The number of hydrogen-bond acceptors (Lipinski definition) is 5. The van der Waals surface area contributed by atoms with Gasteiger partial charge in [0.05, 0.1) is 0 Å². The van der Waals surface area contributed by atoms with Crippen molar-refractivity contribution in [2.45, 2.75) is 39.7 Å². The van der Waals surface area contributed by atoms with Crippen molar-refractivity contribution in [3.05, 3.63) is 71.4 Å². The molecule has 1 aliphatic heterocycles. The molecule has 2 N–H and O–H groups in total. The monoisotopic (exact) mass is 387 g/mol. The van der Waals surface area contributed by atoms with E-state index in [4.69, 9.17) is 0 Å². The average molecular weight is 388 g/mol. The number of aromatic nitrogens is 2. The molecule has 0 atom stereocenters. The Morgan fingerprint density at radius 3 is 2.31 bits per heavy atom. The van der Waals surface area contributed by atoms with Gasteiger partial charge >= 0.3 is 0 Å². The van der Waals surface area contributed by atoms with Gasteiger partial charge in [-0.3, -0.25) is 0 Å². The highest BCUT2D eigenvalue weighted by Crippen LogP contribution is 2.23. The fourth-order valence-corrected chi connectivity index (χ4v) is 3.65. The lowest BCUT2D eigenvalue weighted by Gasteiger charge is -2.28. The summed E-state index contributed by atoms with van der Waals surface area (Å²) in [6.07, 6.45) is 3.93. The van der Waals surface area contributed by atoms with Gasteiger partial charge in [-0.2, -0.15) is 4.98 Å². The van der Waals surface area contributed by atoms with Gasteiger partial charge in [-0.25, -0.2) is 4.98 Å². The second-order valence-corrected chi connectivity index (χ2v) is 7.78. The SMILES string of the molecule is Cc1ccc(CNc2nc(C)cc(Nc3ccc(N4CCCCC4)cc3)n2)cc1. The first-order chi connectivity index (χ1) is 14.2. The zero-order valence-corrected chi connectivity index (χ0v) is 17.3. The van der Waals surface area contributed by atoms with Crippen molar-refractivity contribution in [1.82, 2.24) is 9.97 Å². The molecule has 0 amide bonds. The average Bonchev–Trinajstić information content (AvgIpc) is 2.74. The molecule has 2 aromatic carbocycles. The van der Waals surface area contributed by atoms with Crippen LogP contribution in [0.4, 0.5) is 23.1 Å². The molecule has 1 saturated heterocycles. The van der Waals surface area contributed by atoms with Crippen molar-refractivity contribution in [2.24, 2.45) is 0 Å². The molecular formula is C24H29N5. The maximum atomic E-state index is 4.63. The van der Waals surface area contributed by atoms with E-state index in [-0.39, 0.29) is 0 Å². The number of hydrogen-bond donors (Lipinski definition) is 2. The largest absolute Gasteiger partial charge is 0.372 e. The molecule has 4 rings (SSSR count). The first-order valence-corrected chi connectivity index (χ1v) is 10.4. The van der Waals surface area contributed by atoms with Gasteiger partial charge in [0.1, 0.15) is 5.82 Å². The summed E-state index contributed by atoms with van der Waals surface area (Å²) in [5.74, 6) is 1.44. The van der Waals surface area contributed by atoms with Crippen LogP contribution in [0.1, 0.15) is 36.1 Å². The number of nitrogens with zero attached hydrogens (tertiary/aromatic N) is 3. The molecule has 1 aliphatic rings. The van der Waals surface area contributed by atoms with Gasteiger partial charge in [0.15, 0.2) is 0 Å². The molecule has 29 heavy (non-hydrogen) atoms. The van der Waals surface area contributed by atoms with E-state index in [1.165, 1.54) is 36.1 Å². The number of benzene rings is 2. The van der Waals surface area contributed by atoms with Crippen molar-refractivity contribution in [1.29, 1.82) is 0 Å². The van der Waals surface area contributed by atoms with E-state index in [9.17, 15) is 0 Å². The molecule has 0 radical (unpaired) electrons. The predicted octanol–water partition coefficient (Wildman–Crippen LogP) is 5.44. The van der Waals surface area contributed by atoms with Gasteiger partial charge in [0.2, 0.25) is 5.95 Å². The van der Waals surface area contributed by atoms with E-state index in [2.05, 4.69) is 81.0 Å². The third-order valence-corrected chi connectivity index (χ3v) is 5.29. The molecule has 0 saturated carbocycles. The van der Waals surface area contributed by atoms with Crippen molar-refractivity contribution in [3.8, 4) is 0 Å². The summed E-state index contributed by atoms with van der Waals surface area (Å²) in [4.78, 5) is 11.6. The Bertz CT molecular complexity index is 928. The second-order valence-electron chi connectivity index (χ2n) is 7.78. The number of piperidine rings is 1. The lowest BCUT2D eigenvalue weighted by molar-refractivity contribution is 0.578. The summed E-state index contributed by atoms with van der Waals surface area (Å²) in [6.45, 7) is 7.11. The number of aryl methyl sites for hydroxylation is 2. The van der Waals surface area contributed by atoms with E-state index in [1.807, 2.05) is 13.0 Å². The number of anilines is 4. The third kappa shape index (κ3) is 5.25. The van der Waals surface area contributed by atoms with Crippen LogP contribution in [0.25, 0.3) is 0 Å². The molecule has 5 nitrogen and oxygen atoms in total. The lowest BCUT2D eigenvalue weighted by atomic mass is 10.1. The van der Waals surface area contributed by atoms with Gasteiger partial charge in [0, 0.05) is 42.8 Å². The van der Waals surface area contributed by atoms with Crippen molar-refractivity contribution in [3.63, 3.8) is 0 Å². The van der Waals surface area contributed by atoms with Crippen molar-refractivity contribution in [2.75, 3.05) is 28.6 Å². The third-order valence-electron chi connectivity index (χ3n) is 5.29. The Balaban J connectivity index is 1.41. The standard InChI is InChI=1S/C24H29N5/c1-18-6-8-20(9-7-18)17-25-24-26-19(2)16-23(28-24)27-21-10-12-22(13-11-21)29-14-4-3-5-15-29/h6-13,16H,3-5,14-15,17H2,1-2H3,(H2,25,26,27,28). The highest BCUT2D eigenvalue weighted by molar-refractivity contribution is 5.61. The first kappa shape index (κ1) is 19.2. The molecule has 1 fully saturated rings. The van der Waals surface area contributed by atoms with E-state index in [1.54, 1.807) is 0 Å². The minimum Gasteiger partial charge on any atom is -0.372 e. The van der Waals surface area contributed by atoms with Crippen LogP contribution >= 0.6 is 0 Å². The fraction of sp³-hybridized carbons (Fsp3) is 0.333. The summed E-state index contributed by atoms with van der Waals surface area (Å²) < 4.78 is 0. The van der Waals surface area contributed by atoms with Crippen LogP contribution < -0.4 is 15.5 Å². The summed E-state index contributed by atoms with van der Waals surface area (Å²) in [7, 11) is 0. The van der Waals surface area contributed by atoms with Crippen LogP contribution in [-0.2, 0) is 6.54 Å². The van der Waals surface area contributed by atoms with E-state index < -0.39 is 0 Å². The Morgan fingerprint density at radius 1 is 0.862 bits per heavy atom. The van der Waals surface area contributed by atoms with Gasteiger partial charge < -0.3 is 15.5 Å². The summed E-state index contributed by atoms with van der Waals surface area (Å²) in [6, 6.07) is 19.1. The minimum atomic E-state index is 0.637. The molecule has 150 valence electrons. The number of nitrogens with one attached hydrogen (secondary N) is 2. The zero-order chi connectivity index (χ0) is 20.1. The van der Waals surface area contributed by atoms with Gasteiger partial charge in [0.25, 0.3) is 0 Å². The Kier molecular flexibility index (Phi) is 5.94. The Hall–Kier alpha value is -3.08.